The zero-order chi connectivity index (χ0) is 13.5. The molecule has 0 spiro atoms. The largest absolute Gasteiger partial charge is 0.492 e. The third-order valence-electron chi connectivity index (χ3n) is 2.58. The van der Waals surface area contributed by atoms with E-state index in [1.807, 2.05) is 18.2 Å². The molecule has 0 atom stereocenters. The molecule has 5 heteroatoms. The van der Waals surface area contributed by atoms with Gasteiger partial charge in [0.1, 0.15) is 18.2 Å². The number of nitrogens with one attached hydrogen (secondary N) is 1. The monoisotopic (exact) mass is 277 g/mol. The van der Waals surface area contributed by atoms with Crippen LogP contribution in [-0.2, 0) is 6.42 Å². The van der Waals surface area contributed by atoms with Crippen LogP contribution in [0.4, 0.5) is 5.13 Å². The van der Waals surface area contributed by atoms with E-state index in [2.05, 4.69) is 34.6 Å². The molecule has 0 aliphatic carbocycles. The Kier molecular flexibility index (Phi) is 5.15. The molecule has 102 valence electrons. The van der Waals surface area contributed by atoms with Crippen LogP contribution in [0.2, 0.25) is 0 Å². The molecule has 1 aromatic heterocycles. The molecule has 19 heavy (non-hydrogen) atoms. The van der Waals surface area contributed by atoms with Crippen molar-refractivity contribution in [3.8, 4) is 5.75 Å². The van der Waals surface area contributed by atoms with Gasteiger partial charge >= 0.3 is 0 Å². The Hall–Kier alpha value is -1.62. The van der Waals surface area contributed by atoms with Gasteiger partial charge in [-0.15, -0.1) is 0 Å². The Morgan fingerprint density at radius 3 is 3.05 bits per heavy atom. The Morgan fingerprint density at radius 2 is 2.26 bits per heavy atom. The second-order valence-corrected chi connectivity index (χ2v) is 5.11. The zero-order valence-electron chi connectivity index (χ0n) is 11.3. The van der Waals surface area contributed by atoms with Gasteiger partial charge in [-0.05, 0) is 31.0 Å². The first-order valence-electron chi connectivity index (χ1n) is 6.54. The van der Waals surface area contributed by atoms with Crippen LogP contribution in [0.3, 0.4) is 0 Å². The van der Waals surface area contributed by atoms with Crippen molar-refractivity contribution >= 4 is 16.7 Å². The summed E-state index contributed by atoms with van der Waals surface area (Å²) >= 11 is 1.41. The van der Waals surface area contributed by atoms with Gasteiger partial charge in [-0.3, -0.25) is 0 Å². The first-order chi connectivity index (χ1) is 9.28. The molecule has 1 N–H and O–H groups in total. The molecule has 0 aliphatic heterocycles. The number of aryl methyl sites for hydroxylation is 2. The third-order valence-corrected chi connectivity index (χ3v) is 3.29. The summed E-state index contributed by atoms with van der Waals surface area (Å²) in [7, 11) is 0. The summed E-state index contributed by atoms with van der Waals surface area (Å²) in [6, 6.07) is 8.06. The van der Waals surface area contributed by atoms with Crippen LogP contribution in [0, 0.1) is 6.92 Å². The SMILES string of the molecule is CCCc1nsc(NCCOc2cccc(C)c2)n1. The van der Waals surface area contributed by atoms with E-state index in [0.29, 0.717) is 6.61 Å². The summed E-state index contributed by atoms with van der Waals surface area (Å²) in [6.07, 6.45) is 2.02. The lowest BCUT2D eigenvalue weighted by Crippen LogP contribution is -2.11. The number of benzene rings is 1. The number of hydrogen-bond acceptors (Lipinski definition) is 5. The number of aromatic nitrogens is 2. The number of nitrogens with zero attached hydrogens (tertiary/aromatic N) is 2. The number of anilines is 1. The first-order valence-corrected chi connectivity index (χ1v) is 7.31. The van der Waals surface area contributed by atoms with Gasteiger partial charge in [-0.2, -0.15) is 4.37 Å². The van der Waals surface area contributed by atoms with Gasteiger partial charge in [0.25, 0.3) is 0 Å². The molecule has 2 rings (SSSR count). The fourth-order valence-electron chi connectivity index (χ4n) is 1.68. The average molecular weight is 277 g/mol. The molecule has 0 saturated carbocycles. The van der Waals surface area contributed by atoms with Crippen LogP contribution in [0.25, 0.3) is 0 Å². The molecular formula is C14H19N3OS. The smallest absolute Gasteiger partial charge is 0.202 e. The van der Waals surface area contributed by atoms with Gasteiger partial charge in [-0.1, -0.05) is 19.1 Å². The molecule has 0 amide bonds. The van der Waals surface area contributed by atoms with Gasteiger partial charge in [0, 0.05) is 18.0 Å². The molecule has 0 radical (unpaired) electrons. The second kappa shape index (κ2) is 7.09. The van der Waals surface area contributed by atoms with Crippen LogP contribution >= 0.6 is 11.5 Å². The molecule has 1 aromatic carbocycles. The van der Waals surface area contributed by atoms with Crippen molar-refractivity contribution in [3.63, 3.8) is 0 Å². The highest BCUT2D eigenvalue weighted by molar-refractivity contribution is 7.09. The third kappa shape index (κ3) is 4.52. The Morgan fingerprint density at radius 1 is 1.37 bits per heavy atom. The minimum absolute atomic E-state index is 0.617. The van der Waals surface area contributed by atoms with Crippen LogP contribution in [0.15, 0.2) is 24.3 Å². The molecule has 1 heterocycles. The van der Waals surface area contributed by atoms with E-state index in [1.165, 1.54) is 17.1 Å². The maximum absolute atomic E-state index is 5.66. The lowest BCUT2D eigenvalue weighted by molar-refractivity contribution is 0.332. The van der Waals surface area contributed by atoms with Crippen LogP contribution in [0.1, 0.15) is 24.7 Å². The normalized spacial score (nSPS) is 10.4. The second-order valence-electron chi connectivity index (χ2n) is 4.36. The number of rotatable bonds is 7. The van der Waals surface area contributed by atoms with E-state index in [9.17, 15) is 0 Å². The molecule has 0 fully saturated rings. The maximum atomic E-state index is 5.66. The van der Waals surface area contributed by atoms with Crippen molar-refractivity contribution in [2.75, 3.05) is 18.5 Å². The van der Waals surface area contributed by atoms with Gasteiger partial charge in [0.05, 0.1) is 6.54 Å². The van der Waals surface area contributed by atoms with Crippen LogP contribution in [-0.4, -0.2) is 22.5 Å². The minimum Gasteiger partial charge on any atom is -0.492 e. The standard InChI is InChI=1S/C14H19N3OS/c1-3-5-13-16-14(19-17-13)15-8-9-18-12-7-4-6-11(2)10-12/h4,6-7,10H,3,5,8-9H2,1-2H3,(H,15,16,17). The summed E-state index contributed by atoms with van der Waals surface area (Å²) < 4.78 is 9.94. The van der Waals surface area contributed by atoms with Crippen molar-refractivity contribution in [1.82, 2.24) is 9.36 Å². The van der Waals surface area contributed by atoms with E-state index >= 15 is 0 Å². The van der Waals surface area contributed by atoms with Crippen molar-refractivity contribution in [2.45, 2.75) is 26.7 Å². The summed E-state index contributed by atoms with van der Waals surface area (Å²) in [5.74, 6) is 1.83. The fraction of sp³-hybridized carbons (Fsp3) is 0.429. The quantitative estimate of drug-likeness (QED) is 0.789. The topological polar surface area (TPSA) is 47.0 Å². The molecule has 0 saturated heterocycles. The summed E-state index contributed by atoms with van der Waals surface area (Å²) in [5.41, 5.74) is 1.21. The predicted octanol–water partition coefficient (Wildman–Crippen LogP) is 3.29. The van der Waals surface area contributed by atoms with Gasteiger partial charge in [-0.25, -0.2) is 4.98 Å². The number of hydrogen-bond donors (Lipinski definition) is 1. The van der Waals surface area contributed by atoms with Crippen LogP contribution < -0.4 is 10.1 Å². The average Bonchev–Trinajstić information content (AvgIpc) is 2.83. The zero-order valence-corrected chi connectivity index (χ0v) is 12.2. The molecular weight excluding hydrogens is 258 g/mol. The van der Waals surface area contributed by atoms with Crippen molar-refractivity contribution in [3.05, 3.63) is 35.7 Å². The van der Waals surface area contributed by atoms with E-state index < -0.39 is 0 Å². The fourth-order valence-corrected chi connectivity index (χ4v) is 2.32. The lowest BCUT2D eigenvalue weighted by Gasteiger charge is -2.06. The predicted molar refractivity (Wildman–Crippen MR) is 79.1 cm³/mol. The molecule has 4 nitrogen and oxygen atoms in total. The van der Waals surface area contributed by atoms with Crippen LogP contribution in [0.5, 0.6) is 5.75 Å². The molecule has 0 unspecified atom stereocenters. The van der Waals surface area contributed by atoms with Gasteiger partial charge in [0.2, 0.25) is 5.13 Å². The number of ether oxygens (including phenoxy) is 1. The molecule has 0 bridgehead atoms. The molecule has 0 aliphatic rings. The Labute approximate surface area is 118 Å². The van der Waals surface area contributed by atoms with E-state index in [0.717, 1.165) is 36.1 Å². The summed E-state index contributed by atoms with van der Waals surface area (Å²) in [5, 5.41) is 4.10. The van der Waals surface area contributed by atoms with E-state index in [-0.39, 0.29) is 0 Å². The highest BCUT2D eigenvalue weighted by Gasteiger charge is 2.02. The van der Waals surface area contributed by atoms with Crippen molar-refractivity contribution < 1.29 is 4.74 Å². The van der Waals surface area contributed by atoms with E-state index in [1.54, 1.807) is 0 Å². The maximum Gasteiger partial charge on any atom is 0.202 e. The Balaban J connectivity index is 1.71. The van der Waals surface area contributed by atoms with Gasteiger partial charge < -0.3 is 10.1 Å². The first kappa shape index (κ1) is 13.8. The van der Waals surface area contributed by atoms with E-state index in [4.69, 9.17) is 4.74 Å². The summed E-state index contributed by atoms with van der Waals surface area (Å²) in [6.45, 7) is 5.53. The summed E-state index contributed by atoms with van der Waals surface area (Å²) in [4.78, 5) is 4.40. The minimum atomic E-state index is 0.617. The lowest BCUT2D eigenvalue weighted by atomic mass is 10.2. The molecule has 2 aromatic rings. The Bertz CT molecular complexity index is 513. The van der Waals surface area contributed by atoms with Gasteiger partial charge in [0.15, 0.2) is 0 Å². The van der Waals surface area contributed by atoms with Crippen molar-refractivity contribution in [1.29, 1.82) is 0 Å². The highest BCUT2D eigenvalue weighted by Crippen LogP contribution is 2.13. The van der Waals surface area contributed by atoms with Crippen molar-refractivity contribution in [2.24, 2.45) is 0 Å². The highest BCUT2D eigenvalue weighted by atomic mass is 32.1.